The molecule has 0 aromatic carbocycles. The largest absolute Gasteiger partial charge is 0.335 e. The summed E-state index contributed by atoms with van der Waals surface area (Å²) in [6.07, 6.45) is 3.48. The minimum Gasteiger partial charge on any atom is -0.335 e. The normalized spacial score (nSPS) is 15.8. The van der Waals surface area contributed by atoms with Crippen LogP contribution in [0, 0.1) is 0 Å². The Labute approximate surface area is 101 Å². The van der Waals surface area contributed by atoms with Crippen LogP contribution in [0.4, 0.5) is 4.79 Å². The average Bonchev–Trinajstić information content (AvgIpc) is 2.55. The summed E-state index contributed by atoms with van der Waals surface area (Å²) >= 11 is 5.07. The van der Waals surface area contributed by atoms with Gasteiger partial charge in [0, 0.05) is 15.4 Å². The molecule has 0 atom stereocenters. The van der Waals surface area contributed by atoms with E-state index in [1.165, 1.54) is 6.42 Å². The highest BCUT2D eigenvalue weighted by molar-refractivity contribution is 9.10. The Hall–Kier alpha value is -0.550. The lowest BCUT2D eigenvalue weighted by molar-refractivity contribution is 0.228. The summed E-state index contributed by atoms with van der Waals surface area (Å²) in [6.45, 7) is 0.594. The summed E-state index contributed by atoms with van der Waals surface area (Å²) in [5.74, 6) is 0. The van der Waals surface area contributed by atoms with E-state index in [2.05, 4.69) is 26.6 Å². The van der Waals surface area contributed by atoms with Gasteiger partial charge in [0.25, 0.3) is 0 Å². The summed E-state index contributed by atoms with van der Waals surface area (Å²) in [6, 6.07) is 2.34. The number of amides is 2. The van der Waals surface area contributed by atoms with E-state index in [1.54, 1.807) is 11.3 Å². The van der Waals surface area contributed by atoms with Crippen molar-refractivity contribution in [2.24, 2.45) is 0 Å². The first-order valence-corrected chi connectivity index (χ1v) is 6.69. The van der Waals surface area contributed by atoms with Crippen molar-refractivity contribution in [2.75, 3.05) is 0 Å². The van der Waals surface area contributed by atoms with Crippen LogP contribution in [0.25, 0.3) is 0 Å². The predicted molar refractivity (Wildman–Crippen MR) is 65.0 cm³/mol. The van der Waals surface area contributed by atoms with Gasteiger partial charge >= 0.3 is 6.03 Å². The van der Waals surface area contributed by atoms with E-state index in [0.29, 0.717) is 12.6 Å². The monoisotopic (exact) mass is 288 g/mol. The van der Waals surface area contributed by atoms with Crippen molar-refractivity contribution in [3.8, 4) is 0 Å². The van der Waals surface area contributed by atoms with Gasteiger partial charge in [-0.1, -0.05) is 0 Å². The van der Waals surface area contributed by atoms with Gasteiger partial charge in [-0.05, 0) is 46.6 Å². The molecule has 15 heavy (non-hydrogen) atoms. The molecule has 1 aromatic heterocycles. The lowest BCUT2D eigenvalue weighted by Crippen LogP contribution is -2.44. The van der Waals surface area contributed by atoms with Crippen molar-refractivity contribution in [3.05, 3.63) is 20.8 Å². The van der Waals surface area contributed by atoms with E-state index in [-0.39, 0.29) is 6.03 Å². The Morgan fingerprint density at radius 3 is 2.93 bits per heavy atom. The molecular formula is C10H13BrN2OS. The molecule has 1 aromatic rings. The minimum atomic E-state index is -0.0556. The van der Waals surface area contributed by atoms with Gasteiger partial charge in [-0.2, -0.15) is 0 Å². The Balaban J connectivity index is 1.73. The van der Waals surface area contributed by atoms with E-state index in [1.807, 2.05) is 11.4 Å². The fraction of sp³-hybridized carbons (Fsp3) is 0.500. The topological polar surface area (TPSA) is 41.1 Å². The molecule has 2 N–H and O–H groups in total. The fourth-order valence-electron chi connectivity index (χ4n) is 1.40. The molecule has 2 amide bonds. The molecule has 82 valence electrons. The Morgan fingerprint density at radius 1 is 1.60 bits per heavy atom. The van der Waals surface area contributed by atoms with Gasteiger partial charge in [-0.15, -0.1) is 11.3 Å². The predicted octanol–water partition coefficient (Wildman–Crippen LogP) is 2.86. The number of halogens is 1. The number of carbonyl (C=O) groups excluding carboxylic acids is 1. The molecular weight excluding hydrogens is 276 g/mol. The van der Waals surface area contributed by atoms with E-state index < -0.39 is 0 Å². The maximum Gasteiger partial charge on any atom is 0.315 e. The van der Waals surface area contributed by atoms with Crippen LogP contribution in [0.5, 0.6) is 0 Å². The summed E-state index contributed by atoms with van der Waals surface area (Å²) < 4.78 is 1.07. The van der Waals surface area contributed by atoms with E-state index in [9.17, 15) is 4.79 Å². The van der Waals surface area contributed by atoms with E-state index in [4.69, 9.17) is 0 Å². The molecule has 1 saturated carbocycles. The summed E-state index contributed by atoms with van der Waals surface area (Å²) in [4.78, 5) is 12.6. The zero-order valence-corrected chi connectivity index (χ0v) is 10.7. The van der Waals surface area contributed by atoms with Crippen molar-refractivity contribution in [3.63, 3.8) is 0 Å². The molecule has 3 nitrogen and oxygen atoms in total. The van der Waals surface area contributed by atoms with Crippen LogP contribution < -0.4 is 10.6 Å². The van der Waals surface area contributed by atoms with Crippen molar-refractivity contribution in [2.45, 2.75) is 31.8 Å². The highest BCUT2D eigenvalue weighted by atomic mass is 79.9. The molecule has 1 aliphatic carbocycles. The first kappa shape index (κ1) is 11.0. The van der Waals surface area contributed by atoms with Crippen LogP contribution in [0.3, 0.4) is 0 Å². The van der Waals surface area contributed by atoms with Crippen LogP contribution in [0.15, 0.2) is 15.9 Å². The van der Waals surface area contributed by atoms with Gasteiger partial charge in [0.15, 0.2) is 0 Å². The zero-order chi connectivity index (χ0) is 10.7. The fourth-order valence-corrected chi connectivity index (χ4v) is 2.83. The van der Waals surface area contributed by atoms with Crippen molar-refractivity contribution in [1.82, 2.24) is 10.6 Å². The molecule has 0 saturated heterocycles. The highest BCUT2D eigenvalue weighted by Gasteiger charge is 2.19. The molecule has 0 radical (unpaired) electrons. The van der Waals surface area contributed by atoms with Crippen LogP contribution in [0.2, 0.25) is 0 Å². The van der Waals surface area contributed by atoms with Crippen molar-refractivity contribution in [1.29, 1.82) is 0 Å². The summed E-state index contributed by atoms with van der Waals surface area (Å²) in [5.41, 5.74) is 0. The number of rotatable bonds is 3. The van der Waals surface area contributed by atoms with E-state index >= 15 is 0 Å². The molecule has 5 heteroatoms. The molecule has 1 heterocycles. The lowest BCUT2D eigenvalue weighted by Gasteiger charge is -2.26. The SMILES string of the molecule is O=C(NCc1sccc1Br)NC1CCC1. The van der Waals surface area contributed by atoms with Crippen LogP contribution in [-0.4, -0.2) is 12.1 Å². The van der Waals surface area contributed by atoms with Gasteiger partial charge in [-0.25, -0.2) is 4.79 Å². The lowest BCUT2D eigenvalue weighted by atomic mass is 9.93. The molecule has 0 spiro atoms. The highest BCUT2D eigenvalue weighted by Crippen LogP contribution is 2.22. The maximum absolute atomic E-state index is 11.4. The average molecular weight is 289 g/mol. The second kappa shape index (κ2) is 4.99. The standard InChI is InChI=1S/C10H13BrN2OS/c11-8-4-5-15-9(8)6-12-10(14)13-7-2-1-3-7/h4-5,7H,1-3,6H2,(H2,12,13,14). The third kappa shape index (κ3) is 2.95. The summed E-state index contributed by atoms with van der Waals surface area (Å²) in [7, 11) is 0. The van der Waals surface area contributed by atoms with Crippen molar-refractivity contribution >= 4 is 33.3 Å². The second-order valence-corrected chi connectivity index (χ2v) is 5.50. The number of carbonyl (C=O) groups is 1. The molecule has 2 rings (SSSR count). The molecule has 0 aliphatic heterocycles. The van der Waals surface area contributed by atoms with Gasteiger partial charge < -0.3 is 10.6 Å². The smallest absolute Gasteiger partial charge is 0.315 e. The van der Waals surface area contributed by atoms with Gasteiger partial charge in [0.2, 0.25) is 0 Å². The third-order valence-corrected chi connectivity index (χ3v) is 4.47. The van der Waals surface area contributed by atoms with Gasteiger partial charge in [0.05, 0.1) is 6.54 Å². The molecule has 0 unspecified atom stereocenters. The third-order valence-electron chi connectivity index (χ3n) is 2.54. The van der Waals surface area contributed by atoms with Gasteiger partial charge in [0.1, 0.15) is 0 Å². The first-order valence-electron chi connectivity index (χ1n) is 5.02. The number of hydrogen-bond acceptors (Lipinski definition) is 2. The molecule has 1 fully saturated rings. The quantitative estimate of drug-likeness (QED) is 0.882. The number of urea groups is 1. The minimum absolute atomic E-state index is 0.0556. The van der Waals surface area contributed by atoms with E-state index in [0.717, 1.165) is 22.2 Å². The van der Waals surface area contributed by atoms with Crippen LogP contribution in [0.1, 0.15) is 24.1 Å². The molecule has 0 bridgehead atoms. The second-order valence-electron chi connectivity index (χ2n) is 3.65. The molecule has 1 aliphatic rings. The first-order chi connectivity index (χ1) is 7.25. The Kier molecular flexibility index (Phi) is 3.64. The Morgan fingerprint density at radius 2 is 2.40 bits per heavy atom. The number of nitrogens with one attached hydrogen (secondary N) is 2. The summed E-state index contributed by atoms with van der Waals surface area (Å²) in [5, 5.41) is 7.80. The van der Waals surface area contributed by atoms with Gasteiger partial charge in [-0.3, -0.25) is 0 Å². The Bertz CT molecular complexity index is 349. The zero-order valence-electron chi connectivity index (χ0n) is 8.25. The van der Waals surface area contributed by atoms with Crippen LogP contribution in [-0.2, 0) is 6.54 Å². The van der Waals surface area contributed by atoms with Crippen LogP contribution >= 0.6 is 27.3 Å². The maximum atomic E-state index is 11.4. The van der Waals surface area contributed by atoms with Crippen molar-refractivity contribution < 1.29 is 4.79 Å². The number of thiophene rings is 1. The number of hydrogen-bond donors (Lipinski definition) is 2.